The van der Waals surface area contributed by atoms with Crippen molar-refractivity contribution < 1.29 is 19.2 Å². The number of hydrogen-bond donors (Lipinski definition) is 3. The lowest BCUT2D eigenvalue weighted by Gasteiger charge is -2.29. The third-order valence-electron chi connectivity index (χ3n) is 5.20. The summed E-state index contributed by atoms with van der Waals surface area (Å²) in [5, 5.41) is 7.79. The lowest BCUT2D eigenvalue weighted by molar-refractivity contribution is -0.137. The normalized spacial score (nSPS) is 18.5. The van der Waals surface area contributed by atoms with E-state index in [0.29, 0.717) is 42.2 Å². The summed E-state index contributed by atoms with van der Waals surface area (Å²) < 4.78 is 0. The maximum atomic E-state index is 12.5. The van der Waals surface area contributed by atoms with E-state index in [-0.39, 0.29) is 17.9 Å². The number of anilines is 1. The number of fused-ring (bicyclic) bond motifs is 1. The Morgan fingerprint density at radius 2 is 1.77 bits per heavy atom. The van der Waals surface area contributed by atoms with E-state index in [0.717, 1.165) is 11.1 Å². The second-order valence-electron chi connectivity index (χ2n) is 7.27. The number of carbonyl (C=O) groups is 4. The van der Waals surface area contributed by atoms with Crippen molar-refractivity contribution in [2.45, 2.75) is 32.0 Å². The maximum absolute atomic E-state index is 12.5. The van der Waals surface area contributed by atoms with Gasteiger partial charge in [0, 0.05) is 35.8 Å². The predicted molar refractivity (Wildman–Crippen MR) is 110 cm³/mol. The van der Waals surface area contributed by atoms with Crippen LogP contribution >= 0.6 is 11.6 Å². The number of imide groups is 2. The fourth-order valence-electron chi connectivity index (χ4n) is 3.68. The molecule has 0 aromatic heterocycles. The summed E-state index contributed by atoms with van der Waals surface area (Å²) in [6.45, 7) is 1.07. The largest absolute Gasteiger partial charge is 0.326 e. The van der Waals surface area contributed by atoms with Crippen LogP contribution in [0.1, 0.15) is 34.3 Å². The minimum absolute atomic E-state index is 0.246. The van der Waals surface area contributed by atoms with Crippen LogP contribution in [-0.2, 0) is 22.7 Å². The number of nitrogens with one attached hydrogen (secondary N) is 3. The molecular weight excluding hydrogens is 408 g/mol. The van der Waals surface area contributed by atoms with E-state index >= 15 is 0 Å². The van der Waals surface area contributed by atoms with Gasteiger partial charge in [0.1, 0.15) is 0 Å². The van der Waals surface area contributed by atoms with Crippen LogP contribution in [0.3, 0.4) is 0 Å². The summed E-state index contributed by atoms with van der Waals surface area (Å²) in [7, 11) is 0. The van der Waals surface area contributed by atoms with Crippen molar-refractivity contribution in [2.75, 3.05) is 5.32 Å². The molecule has 9 heteroatoms. The number of carbonyl (C=O) groups excluding carboxylic acids is 4. The van der Waals surface area contributed by atoms with Crippen LogP contribution in [0.4, 0.5) is 10.5 Å². The molecule has 30 heavy (non-hydrogen) atoms. The average molecular weight is 427 g/mol. The van der Waals surface area contributed by atoms with Crippen LogP contribution in [0, 0.1) is 0 Å². The summed E-state index contributed by atoms with van der Waals surface area (Å²) in [5.41, 5.74) is 2.80. The Labute approximate surface area is 177 Å². The van der Waals surface area contributed by atoms with Crippen LogP contribution in [0.15, 0.2) is 42.5 Å². The Bertz CT molecular complexity index is 1040. The van der Waals surface area contributed by atoms with E-state index in [9.17, 15) is 19.2 Å². The Hall–Kier alpha value is -3.23. The average Bonchev–Trinajstić information content (AvgIpc) is 3.12. The summed E-state index contributed by atoms with van der Waals surface area (Å²) in [4.78, 5) is 50.0. The zero-order valence-electron chi connectivity index (χ0n) is 15.9. The van der Waals surface area contributed by atoms with Gasteiger partial charge in [-0.1, -0.05) is 17.7 Å². The summed E-state index contributed by atoms with van der Waals surface area (Å²) in [6, 6.07) is 10.7. The summed E-state index contributed by atoms with van der Waals surface area (Å²) in [5.74, 6) is -1.05. The molecule has 1 unspecified atom stereocenters. The molecule has 0 spiro atoms. The van der Waals surface area contributed by atoms with Crippen molar-refractivity contribution in [3.63, 3.8) is 0 Å². The SMILES string of the molecule is O=C1CCC(N2Cc3ccc(C(=O)NC(=O)Nc4ccc(Cl)cc4)cc3C2)C(=O)N1. The summed E-state index contributed by atoms with van der Waals surface area (Å²) >= 11 is 5.81. The smallest absolute Gasteiger partial charge is 0.308 e. The van der Waals surface area contributed by atoms with Gasteiger partial charge >= 0.3 is 6.03 Å². The van der Waals surface area contributed by atoms with Gasteiger partial charge in [0.15, 0.2) is 0 Å². The number of rotatable bonds is 3. The lowest BCUT2D eigenvalue weighted by Crippen LogP contribution is -2.50. The fourth-order valence-corrected chi connectivity index (χ4v) is 3.81. The topological polar surface area (TPSA) is 108 Å². The Morgan fingerprint density at radius 3 is 2.50 bits per heavy atom. The molecular formula is C21H19ClN4O4. The number of benzene rings is 2. The lowest BCUT2D eigenvalue weighted by atomic mass is 10.0. The molecule has 4 rings (SSSR count). The molecule has 3 N–H and O–H groups in total. The minimum Gasteiger partial charge on any atom is -0.308 e. The van der Waals surface area contributed by atoms with Crippen molar-refractivity contribution in [1.82, 2.24) is 15.5 Å². The minimum atomic E-state index is -0.645. The quantitative estimate of drug-likeness (QED) is 0.653. The predicted octanol–water partition coefficient (Wildman–Crippen LogP) is 2.42. The molecule has 2 aromatic rings. The van der Waals surface area contributed by atoms with Crippen LogP contribution in [0.2, 0.25) is 5.02 Å². The first-order valence-corrected chi connectivity index (χ1v) is 9.84. The van der Waals surface area contributed by atoms with Crippen molar-refractivity contribution in [2.24, 2.45) is 0 Å². The van der Waals surface area contributed by atoms with E-state index in [1.54, 1.807) is 36.4 Å². The molecule has 2 aromatic carbocycles. The molecule has 0 saturated carbocycles. The molecule has 1 atom stereocenters. The number of halogens is 1. The first kappa shape index (κ1) is 20.1. The van der Waals surface area contributed by atoms with Gasteiger partial charge in [-0.25, -0.2) is 4.79 Å². The molecule has 2 aliphatic heterocycles. The van der Waals surface area contributed by atoms with Crippen molar-refractivity contribution >= 4 is 41.0 Å². The monoisotopic (exact) mass is 426 g/mol. The molecule has 154 valence electrons. The zero-order chi connectivity index (χ0) is 21.3. The van der Waals surface area contributed by atoms with E-state index in [1.807, 2.05) is 11.0 Å². The molecule has 5 amide bonds. The summed E-state index contributed by atoms with van der Waals surface area (Å²) in [6.07, 6.45) is 0.802. The van der Waals surface area contributed by atoms with Gasteiger partial charge in [-0.2, -0.15) is 0 Å². The van der Waals surface area contributed by atoms with Crippen molar-refractivity contribution in [3.05, 3.63) is 64.2 Å². The molecule has 0 bridgehead atoms. The maximum Gasteiger partial charge on any atom is 0.326 e. The molecule has 1 saturated heterocycles. The van der Waals surface area contributed by atoms with E-state index in [4.69, 9.17) is 11.6 Å². The van der Waals surface area contributed by atoms with Crippen LogP contribution in [-0.4, -0.2) is 34.7 Å². The highest BCUT2D eigenvalue weighted by molar-refractivity contribution is 6.30. The Morgan fingerprint density at radius 1 is 1.03 bits per heavy atom. The number of urea groups is 1. The number of piperidine rings is 1. The van der Waals surface area contributed by atoms with Crippen LogP contribution in [0.25, 0.3) is 0 Å². The first-order chi connectivity index (χ1) is 14.4. The van der Waals surface area contributed by atoms with E-state index in [1.165, 1.54) is 0 Å². The van der Waals surface area contributed by atoms with E-state index in [2.05, 4.69) is 16.0 Å². The van der Waals surface area contributed by atoms with Gasteiger partial charge in [-0.3, -0.25) is 29.9 Å². The molecule has 8 nitrogen and oxygen atoms in total. The van der Waals surface area contributed by atoms with Gasteiger partial charge < -0.3 is 5.32 Å². The Balaban J connectivity index is 1.38. The van der Waals surface area contributed by atoms with Gasteiger partial charge in [0.2, 0.25) is 11.8 Å². The third-order valence-corrected chi connectivity index (χ3v) is 5.45. The van der Waals surface area contributed by atoms with Gasteiger partial charge in [0.05, 0.1) is 6.04 Å². The Kier molecular flexibility index (Phi) is 5.52. The van der Waals surface area contributed by atoms with Gasteiger partial charge in [-0.15, -0.1) is 0 Å². The van der Waals surface area contributed by atoms with E-state index < -0.39 is 11.9 Å². The van der Waals surface area contributed by atoms with Gasteiger partial charge in [0.25, 0.3) is 5.91 Å². The van der Waals surface area contributed by atoms with Gasteiger partial charge in [-0.05, 0) is 53.9 Å². The zero-order valence-corrected chi connectivity index (χ0v) is 16.7. The highest BCUT2D eigenvalue weighted by Gasteiger charge is 2.34. The van der Waals surface area contributed by atoms with Crippen molar-refractivity contribution in [3.8, 4) is 0 Å². The highest BCUT2D eigenvalue weighted by atomic mass is 35.5. The molecule has 1 fully saturated rings. The molecule has 2 aliphatic rings. The first-order valence-electron chi connectivity index (χ1n) is 9.46. The van der Waals surface area contributed by atoms with Crippen LogP contribution < -0.4 is 16.0 Å². The van der Waals surface area contributed by atoms with Crippen LogP contribution in [0.5, 0.6) is 0 Å². The fraction of sp³-hybridized carbons (Fsp3) is 0.238. The molecule has 0 aliphatic carbocycles. The number of nitrogens with zero attached hydrogens (tertiary/aromatic N) is 1. The second-order valence-corrected chi connectivity index (χ2v) is 7.71. The highest BCUT2D eigenvalue weighted by Crippen LogP contribution is 2.28. The van der Waals surface area contributed by atoms with Crippen molar-refractivity contribution in [1.29, 1.82) is 0 Å². The number of hydrogen-bond acceptors (Lipinski definition) is 5. The number of amides is 5. The molecule has 2 heterocycles. The second kappa shape index (κ2) is 8.25. The molecule has 0 radical (unpaired) electrons. The standard InChI is InChI=1S/C21H19ClN4O4/c22-15-3-5-16(6-4-15)23-21(30)25-19(28)12-1-2-13-10-26(11-14(13)9-12)17-7-8-18(27)24-20(17)29/h1-6,9,17H,7-8,10-11H2,(H,24,27,29)(H2,23,25,28,30). The third kappa shape index (κ3) is 4.34.